The van der Waals surface area contributed by atoms with Gasteiger partial charge in [0.15, 0.2) is 0 Å². The van der Waals surface area contributed by atoms with Crippen molar-refractivity contribution in [1.82, 2.24) is 9.88 Å². The monoisotopic (exact) mass is 370 g/mol. The Morgan fingerprint density at radius 1 is 1.48 bits per heavy atom. The Hall–Kier alpha value is -1.18. The highest BCUT2D eigenvalue weighted by molar-refractivity contribution is 7.09. The molecule has 1 N–H and O–H groups in total. The lowest BCUT2D eigenvalue weighted by molar-refractivity contribution is -0.0866. The molecule has 6 nitrogen and oxygen atoms in total. The fourth-order valence-electron chi connectivity index (χ4n) is 3.11. The Bertz CT molecular complexity index is 594. The number of aromatic nitrogens is 1. The van der Waals surface area contributed by atoms with Crippen LogP contribution in [0.3, 0.4) is 0 Å². The number of hydrogen-bond donors (Lipinski definition) is 1. The van der Waals surface area contributed by atoms with E-state index in [9.17, 15) is 9.90 Å². The number of amides is 1. The van der Waals surface area contributed by atoms with Gasteiger partial charge < -0.3 is 14.6 Å². The predicted octanol–water partition coefficient (Wildman–Crippen LogP) is 3.37. The standard InChI is InChI=1S/C18H30N2O4S/c1-7-8-15-19-12(11-25-15)9-13-14(10-21)23-18(5,6)20(13)16(22)24-17(2,3)4/h11,13-14,21H,7-10H2,1-6H3. The highest BCUT2D eigenvalue weighted by Crippen LogP contribution is 2.35. The Kier molecular flexibility index (Phi) is 6.12. The van der Waals surface area contributed by atoms with Crippen molar-refractivity contribution in [1.29, 1.82) is 0 Å². The van der Waals surface area contributed by atoms with Gasteiger partial charge in [0, 0.05) is 11.8 Å². The molecule has 0 aromatic carbocycles. The molecule has 1 fully saturated rings. The molecule has 2 rings (SSSR count). The lowest BCUT2D eigenvalue weighted by Gasteiger charge is -2.35. The third-order valence-electron chi connectivity index (χ3n) is 4.03. The molecule has 1 saturated heterocycles. The Labute approximate surface area is 154 Å². The minimum absolute atomic E-state index is 0.153. The molecule has 1 amide bonds. The van der Waals surface area contributed by atoms with E-state index < -0.39 is 23.5 Å². The summed E-state index contributed by atoms with van der Waals surface area (Å²) in [6.45, 7) is 11.1. The molecular weight excluding hydrogens is 340 g/mol. The third-order valence-corrected chi connectivity index (χ3v) is 4.99. The first-order chi connectivity index (χ1) is 11.6. The van der Waals surface area contributed by atoms with Gasteiger partial charge in [-0.25, -0.2) is 9.78 Å². The number of carbonyl (C=O) groups excluding carboxylic acids is 1. The first kappa shape index (κ1) is 20.1. The van der Waals surface area contributed by atoms with Crippen LogP contribution in [0.2, 0.25) is 0 Å². The number of nitrogens with zero attached hydrogens (tertiary/aromatic N) is 2. The van der Waals surface area contributed by atoms with Crippen LogP contribution in [-0.2, 0) is 22.3 Å². The summed E-state index contributed by atoms with van der Waals surface area (Å²) in [5, 5.41) is 12.9. The topological polar surface area (TPSA) is 71.9 Å². The quantitative estimate of drug-likeness (QED) is 0.860. The maximum Gasteiger partial charge on any atom is 0.412 e. The van der Waals surface area contributed by atoms with E-state index in [1.807, 2.05) is 40.0 Å². The lowest BCUT2D eigenvalue weighted by atomic mass is 10.1. The van der Waals surface area contributed by atoms with E-state index in [-0.39, 0.29) is 12.6 Å². The summed E-state index contributed by atoms with van der Waals surface area (Å²) in [5.41, 5.74) is -0.515. The number of rotatable bonds is 5. The Morgan fingerprint density at radius 2 is 2.16 bits per heavy atom. The lowest BCUT2D eigenvalue weighted by Crippen LogP contribution is -2.51. The summed E-state index contributed by atoms with van der Waals surface area (Å²) in [7, 11) is 0. The minimum atomic E-state index is -0.845. The molecule has 0 aliphatic carbocycles. The van der Waals surface area contributed by atoms with Crippen molar-refractivity contribution in [3.63, 3.8) is 0 Å². The predicted molar refractivity (Wildman–Crippen MR) is 97.7 cm³/mol. The van der Waals surface area contributed by atoms with Gasteiger partial charge in [0.25, 0.3) is 0 Å². The number of thiazole rings is 1. The van der Waals surface area contributed by atoms with Gasteiger partial charge in [-0.15, -0.1) is 11.3 Å². The van der Waals surface area contributed by atoms with E-state index in [0.29, 0.717) is 6.42 Å². The largest absolute Gasteiger partial charge is 0.444 e. The van der Waals surface area contributed by atoms with E-state index in [1.165, 1.54) is 0 Å². The number of ether oxygens (including phenoxy) is 2. The van der Waals surface area contributed by atoms with Crippen molar-refractivity contribution in [2.45, 2.75) is 84.3 Å². The average molecular weight is 371 g/mol. The Morgan fingerprint density at radius 3 is 2.72 bits per heavy atom. The molecule has 1 aromatic rings. The van der Waals surface area contributed by atoms with E-state index in [2.05, 4.69) is 11.9 Å². The van der Waals surface area contributed by atoms with Crippen LogP contribution >= 0.6 is 11.3 Å². The van der Waals surface area contributed by atoms with E-state index >= 15 is 0 Å². The van der Waals surface area contributed by atoms with Crippen LogP contribution in [0.5, 0.6) is 0 Å². The number of hydrogen-bond acceptors (Lipinski definition) is 6. The summed E-state index contributed by atoms with van der Waals surface area (Å²) in [4.78, 5) is 19.0. The van der Waals surface area contributed by atoms with Gasteiger partial charge in [0.1, 0.15) is 17.4 Å². The molecule has 2 heterocycles. The van der Waals surface area contributed by atoms with Crippen molar-refractivity contribution >= 4 is 17.4 Å². The van der Waals surface area contributed by atoms with Crippen LogP contribution in [0, 0.1) is 0 Å². The first-order valence-corrected chi connectivity index (χ1v) is 9.69. The van der Waals surface area contributed by atoms with Crippen LogP contribution in [0.4, 0.5) is 4.79 Å². The fraction of sp³-hybridized carbons (Fsp3) is 0.778. The minimum Gasteiger partial charge on any atom is -0.444 e. The van der Waals surface area contributed by atoms with E-state index in [4.69, 9.17) is 9.47 Å². The summed E-state index contributed by atoms with van der Waals surface area (Å²) in [6.07, 6.45) is 1.65. The summed E-state index contributed by atoms with van der Waals surface area (Å²) in [5.74, 6) is 0. The van der Waals surface area contributed by atoms with Crippen LogP contribution in [0.25, 0.3) is 0 Å². The second-order valence-corrected chi connectivity index (χ2v) is 8.83. The molecule has 2 unspecified atom stereocenters. The van der Waals surface area contributed by atoms with Crippen LogP contribution < -0.4 is 0 Å². The SMILES string of the molecule is CCCc1nc(CC2C(CO)OC(C)(C)N2C(=O)OC(C)(C)C)cs1. The van der Waals surface area contributed by atoms with E-state index in [0.717, 1.165) is 23.5 Å². The van der Waals surface area contributed by atoms with Gasteiger partial charge >= 0.3 is 6.09 Å². The molecule has 25 heavy (non-hydrogen) atoms. The van der Waals surface area contributed by atoms with Gasteiger partial charge in [-0.05, 0) is 47.5 Å². The molecule has 1 aliphatic heterocycles. The van der Waals surface area contributed by atoms with Crippen molar-refractivity contribution < 1.29 is 19.4 Å². The maximum absolute atomic E-state index is 12.8. The Balaban J connectivity index is 2.24. The molecule has 7 heteroatoms. The third kappa shape index (κ3) is 4.92. The van der Waals surface area contributed by atoms with Gasteiger partial charge in [-0.1, -0.05) is 6.92 Å². The number of carbonyl (C=O) groups is 1. The second kappa shape index (κ2) is 7.60. The summed E-state index contributed by atoms with van der Waals surface area (Å²) in [6, 6.07) is -0.313. The van der Waals surface area contributed by atoms with E-state index in [1.54, 1.807) is 16.2 Å². The zero-order valence-corrected chi connectivity index (χ0v) is 16.9. The second-order valence-electron chi connectivity index (χ2n) is 7.89. The highest BCUT2D eigenvalue weighted by atomic mass is 32.1. The molecule has 2 atom stereocenters. The van der Waals surface area contributed by atoms with Crippen LogP contribution in [0.15, 0.2) is 5.38 Å². The molecular formula is C18H30N2O4S. The number of aliphatic hydroxyl groups is 1. The number of aliphatic hydroxyl groups excluding tert-OH is 1. The van der Waals surface area contributed by atoms with Crippen molar-refractivity contribution in [2.75, 3.05) is 6.61 Å². The average Bonchev–Trinajstić information content (AvgIpc) is 2.99. The highest BCUT2D eigenvalue weighted by Gasteiger charge is 2.51. The maximum atomic E-state index is 12.8. The van der Waals surface area contributed by atoms with Crippen molar-refractivity contribution in [2.24, 2.45) is 0 Å². The zero-order chi connectivity index (χ0) is 18.8. The van der Waals surface area contributed by atoms with Gasteiger partial charge in [-0.3, -0.25) is 4.90 Å². The molecule has 0 bridgehead atoms. The molecule has 0 radical (unpaired) electrons. The molecule has 142 valence electrons. The van der Waals surface area contributed by atoms with Crippen molar-refractivity contribution in [3.8, 4) is 0 Å². The van der Waals surface area contributed by atoms with Gasteiger partial charge in [-0.2, -0.15) is 0 Å². The van der Waals surface area contributed by atoms with Gasteiger partial charge in [0.2, 0.25) is 0 Å². The fourth-order valence-corrected chi connectivity index (χ4v) is 4.02. The number of aryl methyl sites for hydroxylation is 1. The zero-order valence-electron chi connectivity index (χ0n) is 16.0. The van der Waals surface area contributed by atoms with Crippen LogP contribution in [0.1, 0.15) is 58.7 Å². The van der Waals surface area contributed by atoms with Gasteiger partial charge in [0.05, 0.1) is 23.4 Å². The molecule has 1 aliphatic rings. The molecule has 0 saturated carbocycles. The smallest absolute Gasteiger partial charge is 0.412 e. The first-order valence-electron chi connectivity index (χ1n) is 8.81. The normalized spacial score (nSPS) is 23.1. The molecule has 0 spiro atoms. The summed E-state index contributed by atoms with van der Waals surface area (Å²) < 4.78 is 11.5. The molecule has 1 aromatic heterocycles. The summed E-state index contributed by atoms with van der Waals surface area (Å²) >= 11 is 1.64. The van der Waals surface area contributed by atoms with Crippen LogP contribution in [-0.4, -0.2) is 51.2 Å². The van der Waals surface area contributed by atoms with Crippen molar-refractivity contribution in [3.05, 3.63) is 16.1 Å².